The molecule has 0 bridgehead atoms. The van der Waals surface area contributed by atoms with Crippen molar-refractivity contribution in [2.45, 2.75) is 105 Å². The minimum Gasteiger partial charge on any atom is -0.460 e. The van der Waals surface area contributed by atoms with Crippen LogP contribution in [0.2, 0.25) is 0 Å². The number of likely N-dealkylation sites (N-methyl/N-ethyl adjacent to an activating group) is 2. The largest absolute Gasteiger partial charge is 0.460 e. The topological polar surface area (TPSA) is 88.2 Å². The lowest BCUT2D eigenvalue weighted by molar-refractivity contribution is -0.161. The summed E-state index contributed by atoms with van der Waals surface area (Å²) in [6.45, 7) is 17.4. The third kappa shape index (κ3) is 9.90. The molecule has 0 unspecified atom stereocenters. The number of nitrogens with zero attached hydrogens (tertiary/aromatic N) is 2. The maximum absolute atomic E-state index is 13.7. The summed E-state index contributed by atoms with van der Waals surface area (Å²) in [6, 6.07) is -1.39. The summed E-state index contributed by atoms with van der Waals surface area (Å²) in [5.41, 5.74) is -0.602. The SMILES string of the molecule is CC[C@H](C)[C@@H]([C@@H](CC(=O)OC(C)(C)C)OC)N(C)C(=O)[C@@H](NC(=O)[C@H](C(C)C)N(C)C)C(C)C. The summed E-state index contributed by atoms with van der Waals surface area (Å²) in [5, 5.41) is 3.00. The van der Waals surface area contributed by atoms with Crippen LogP contribution in [-0.2, 0) is 23.9 Å². The van der Waals surface area contributed by atoms with Crippen molar-refractivity contribution in [3.8, 4) is 0 Å². The molecule has 0 aromatic heterocycles. The van der Waals surface area contributed by atoms with Crippen LogP contribution in [-0.4, -0.2) is 85.7 Å². The number of methoxy groups -OCH3 is 1. The first kappa shape index (κ1) is 32.3. The molecule has 0 aromatic rings. The van der Waals surface area contributed by atoms with Crippen molar-refractivity contribution in [2.24, 2.45) is 17.8 Å². The highest BCUT2D eigenvalue weighted by molar-refractivity contribution is 5.90. The summed E-state index contributed by atoms with van der Waals surface area (Å²) >= 11 is 0. The molecule has 0 aliphatic rings. The van der Waals surface area contributed by atoms with E-state index in [9.17, 15) is 14.4 Å². The van der Waals surface area contributed by atoms with E-state index in [2.05, 4.69) is 5.32 Å². The third-order valence-corrected chi connectivity index (χ3v) is 6.18. The molecule has 34 heavy (non-hydrogen) atoms. The van der Waals surface area contributed by atoms with Gasteiger partial charge in [0.05, 0.1) is 24.6 Å². The second kappa shape index (κ2) is 14.0. The first-order valence-corrected chi connectivity index (χ1v) is 12.5. The van der Waals surface area contributed by atoms with Gasteiger partial charge in [-0.3, -0.25) is 19.3 Å². The fourth-order valence-corrected chi connectivity index (χ4v) is 4.38. The van der Waals surface area contributed by atoms with Gasteiger partial charge in [-0.25, -0.2) is 0 Å². The van der Waals surface area contributed by atoms with E-state index in [1.165, 1.54) is 0 Å². The number of hydrogen-bond acceptors (Lipinski definition) is 6. The Labute approximate surface area is 208 Å². The highest BCUT2D eigenvalue weighted by Gasteiger charge is 2.39. The minimum atomic E-state index is -0.690. The predicted molar refractivity (Wildman–Crippen MR) is 136 cm³/mol. The molecule has 8 nitrogen and oxygen atoms in total. The average Bonchev–Trinajstić information content (AvgIpc) is 2.68. The van der Waals surface area contributed by atoms with Gasteiger partial charge in [0, 0.05) is 14.2 Å². The molecule has 0 fully saturated rings. The highest BCUT2D eigenvalue weighted by Crippen LogP contribution is 2.24. The summed E-state index contributed by atoms with van der Waals surface area (Å²) < 4.78 is 11.2. The zero-order chi connectivity index (χ0) is 27.0. The van der Waals surface area contributed by atoms with Gasteiger partial charge in [-0.15, -0.1) is 0 Å². The summed E-state index contributed by atoms with van der Waals surface area (Å²) in [6.07, 6.45) is 0.299. The van der Waals surface area contributed by atoms with Gasteiger partial charge < -0.3 is 19.7 Å². The fraction of sp³-hybridized carbons (Fsp3) is 0.885. The third-order valence-electron chi connectivity index (χ3n) is 6.18. The molecule has 0 aliphatic carbocycles. The number of amides is 2. The van der Waals surface area contributed by atoms with Gasteiger partial charge in [0.15, 0.2) is 0 Å². The quantitative estimate of drug-likeness (QED) is 0.403. The Morgan fingerprint density at radius 2 is 1.47 bits per heavy atom. The van der Waals surface area contributed by atoms with E-state index in [-0.39, 0.29) is 54.0 Å². The van der Waals surface area contributed by atoms with Crippen molar-refractivity contribution in [2.75, 3.05) is 28.3 Å². The Hall–Kier alpha value is -1.67. The molecule has 0 spiro atoms. The van der Waals surface area contributed by atoms with Crippen molar-refractivity contribution in [1.82, 2.24) is 15.1 Å². The second-order valence-electron chi connectivity index (χ2n) is 11.3. The number of carbonyl (C=O) groups excluding carboxylic acids is 3. The number of nitrogens with one attached hydrogen (secondary N) is 1. The molecule has 2 amide bonds. The monoisotopic (exact) mass is 485 g/mol. The zero-order valence-electron chi connectivity index (χ0n) is 23.9. The first-order valence-electron chi connectivity index (χ1n) is 12.5. The maximum atomic E-state index is 13.7. The first-order chi connectivity index (χ1) is 15.5. The van der Waals surface area contributed by atoms with Crippen molar-refractivity contribution in [3.63, 3.8) is 0 Å². The van der Waals surface area contributed by atoms with Crippen LogP contribution in [0.15, 0.2) is 0 Å². The molecule has 0 rings (SSSR count). The Morgan fingerprint density at radius 3 is 1.82 bits per heavy atom. The Bertz CT molecular complexity index is 649. The van der Waals surface area contributed by atoms with Crippen LogP contribution in [0.5, 0.6) is 0 Å². The van der Waals surface area contributed by atoms with Gasteiger partial charge in [0.25, 0.3) is 0 Å². The van der Waals surface area contributed by atoms with Crippen LogP contribution in [0.1, 0.15) is 75.2 Å². The maximum Gasteiger partial charge on any atom is 0.309 e. The van der Waals surface area contributed by atoms with Crippen LogP contribution >= 0.6 is 0 Å². The van der Waals surface area contributed by atoms with Crippen molar-refractivity contribution < 1.29 is 23.9 Å². The lowest BCUT2D eigenvalue weighted by Gasteiger charge is -2.40. The van der Waals surface area contributed by atoms with Gasteiger partial charge in [-0.2, -0.15) is 0 Å². The Balaban J connectivity index is 5.90. The highest BCUT2D eigenvalue weighted by atomic mass is 16.6. The number of ether oxygens (including phenoxy) is 2. The van der Waals surface area contributed by atoms with Crippen LogP contribution in [0.25, 0.3) is 0 Å². The molecule has 0 saturated carbocycles. The van der Waals surface area contributed by atoms with Crippen molar-refractivity contribution in [3.05, 3.63) is 0 Å². The molecule has 0 aliphatic heterocycles. The van der Waals surface area contributed by atoms with E-state index >= 15 is 0 Å². The lowest BCUT2D eigenvalue weighted by Crippen LogP contribution is -2.59. The minimum absolute atomic E-state index is 0.0369. The molecule has 0 aromatic carbocycles. The van der Waals surface area contributed by atoms with E-state index in [4.69, 9.17) is 9.47 Å². The van der Waals surface area contributed by atoms with Crippen LogP contribution in [0.3, 0.4) is 0 Å². The molecule has 0 heterocycles. The number of rotatable bonds is 13. The van der Waals surface area contributed by atoms with E-state index in [0.29, 0.717) is 0 Å². The molecule has 1 N–H and O–H groups in total. The summed E-state index contributed by atoms with van der Waals surface area (Å²) in [4.78, 5) is 42.9. The van der Waals surface area contributed by atoms with Gasteiger partial charge in [0.2, 0.25) is 11.8 Å². The smallest absolute Gasteiger partial charge is 0.309 e. The van der Waals surface area contributed by atoms with Gasteiger partial charge in [-0.05, 0) is 52.6 Å². The Kier molecular flexibility index (Phi) is 13.3. The van der Waals surface area contributed by atoms with Crippen LogP contribution < -0.4 is 5.32 Å². The van der Waals surface area contributed by atoms with E-state index in [1.807, 2.05) is 81.3 Å². The van der Waals surface area contributed by atoms with Crippen molar-refractivity contribution in [1.29, 1.82) is 0 Å². The summed E-state index contributed by atoms with van der Waals surface area (Å²) in [5.74, 6) is -0.685. The summed E-state index contributed by atoms with van der Waals surface area (Å²) in [7, 11) is 7.01. The van der Waals surface area contributed by atoms with Gasteiger partial charge in [-0.1, -0.05) is 48.0 Å². The lowest BCUT2D eigenvalue weighted by atomic mass is 9.90. The molecule has 0 radical (unpaired) electrons. The van der Waals surface area contributed by atoms with E-state index in [1.54, 1.807) is 19.1 Å². The van der Waals surface area contributed by atoms with E-state index < -0.39 is 17.7 Å². The number of esters is 1. The Morgan fingerprint density at radius 1 is 0.941 bits per heavy atom. The average molecular weight is 486 g/mol. The molecule has 0 saturated heterocycles. The van der Waals surface area contributed by atoms with Crippen LogP contribution in [0, 0.1) is 17.8 Å². The van der Waals surface area contributed by atoms with E-state index in [0.717, 1.165) is 6.42 Å². The second-order valence-corrected chi connectivity index (χ2v) is 11.3. The predicted octanol–water partition coefficient (Wildman–Crippen LogP) is 3.33. The number of carbonyl (C=O) groups is 3. The van der Waals surface area contributed by atoms with Crippen molar-refractivity contribution >= 4 is 17.8 Å². The molecule has 8 heteroatoms. The molecular formula is C26H51N3O5. The molecule has 5 atom stereocenters. The van der Waals surface area contributed by atoms with Gasteiger partial charge in [0.1, 0.15) is 11.6 Å². The fourth-order valence-electron chi connectivity index (χ4n) is 4.38. The van der Waals surface area contributed by atoms with Crippen LogP contribution in [0.4, 0.5) is 0 Å². The normalized spacial score (nSPS) is 16.7. The number of hydrogen-bond donors (Lipinski definition) is 1. The van der Waals surface area contributed by atoms with Gasteiger partial charge >= 0.3 is 5.97 Å². The molecular weight excluding hydrogens is 434 g/mol. The standard InChI is InChI=1S/C26H51N3O5/c1-14-18(6)23(19(33-13)15-20(30)34-26(7,8)9)29(12)25(32)21(16(2)3)27-24(31)22(17(4)5)28(10)11/h16-19,21-23H,14-15H2,1-13H3,(H,27,31)/t18-,19+,21-,22-,23-/m0/s1. The molecule has 200 valence electrons. The zero-order valence-corrected chi connectivity index (χ0v) is 23.9.